The van der Waals surface area contributed by atoms with Crippen molar-refractivity contribution in [2.24, 2.45) is 0 Å². The number of aromatic nitrogens is 4. The van der Waals surface area contributed by atoms with E-state index in [0.29, 0.717) is 40.1 Å². The quantitative estimate of drug-likeness (QED) is 0.179. The highest BCUT2D eigenvalue weighted by molar-refractivity contribution is 6.12. The van der Waals surface area contributed by atoms with Crippen molar-refractivity contribution in [2.75, 3.05) is 0 Å². The van der Waals surface area contributed by atoms with Crippen LogP contribution in [0.15, 0.2) is 179 Å². The van der Waals surface area contributed by atoms with E-state index in [0.717, 1.165) is 71.2 Å². The Labute approximate surface area is 309 Å². The molecule has 6 heteroatoms. The lowest BCUT2D eigenvalue weighted by atomic mass is 9.95. The predicted octanol–water partition coefficient (Wildman–Crippen LogP) is 12.6. The highest BCUT2D eigenvalue weighted by Crippen LogP contribution is 2.40. The summed E-state index contributed by atoms with van der Waals surface area (Å²) in [6, 6.07) is 57.9. The van der Waals surface area contributed by atoms with E-state index in [2.05, 4.69) is 109 Å². The van der Waals surface area contributed by atoms with Gasteiger partial charge in [-0.15, -0.1) is 0 Å². The van der Waals surface area contributed by atoms with Crippen LogP contribution in [0.2, 0.25) is 0 Å². The molecule has 0 amide bonds. The van der Waals surface area contributed by atoms with Gasteiger partial charge in [0.25, 0.3) is 0 Å². The summed E-state index contributed by atoms with van der Waals surface area (Å²) in [4.78, 5) is 20.4. The normalized spacial score (nSPS) is 11.7. The Balaban J connectivity index is 1.14. The van der Waals surface area contributed by atoms with Gasteiger partial charge in [-0.25, -0.2) is 19.9 Å². The number of rotatable bonds is 5. The first kappa shape index (κ1) is 30.2. The summed E-state index contributed by atoms with van der Waals surface area (Å²) < 4.78 is 12.9. The van der Waals surface area contributed by atoms with E-state index in [9.17, 15) is 0 Å². The Hall–Kier alpha value is -7.44. The molecule has 0 fully saturated rings. The fourth-order valence-corrected chi connectivity index (χ4v) is 7.46. The number of nitrogens with zero attached hydrogens (tertiary/aromatic N) is 4. The maximum absolute atomic E-state index is 6.68. The third-order valence-corrected chi connectivity index (χ3v) is 10.1. The van der Waals surface area contributed by atoms with Crippen LogP contribution in [0.1, 0.15) is 0 Å². The summed E-state index contributed by atoms with van der Waals surface area (Å²) in [6.45, 7) is 0. The van der Waals surface area contributed by atoms with Gasteiger partial charge in [-0.3, -0.25) is 0 Å². The van der Waals surface area contributed by atoms with Crippen LogP contribution in [0.3, 0.4) is 0 Å². The Morgan fingerprint density at radius 3 is 1.72 bits per heavy atom. The molecule has 0 atom stereocenters. The number of furan rings is 1. The van der Waals surface area contributed by atoms with E-state index < -0.39 is 0 Å². The zero-order chi connectivity index (χ0) is 35.6. The highest BCUT2D eigenvalue weighted by Gasteiger charge is 2.21. The molecular weight excluding hydrogens is 665 g/mol. The van der Waals surface area contributed by atoms with Crippen LogP contribution in [0.4, 0.5) is 0 Å². The average molecular weight is 693 g/mol. The number of fused-ring (bicyclic) bond motifs is 6. The molecule has 252 valence electrons. The van der Waals surface area contributed by atoms with Gasteiger partial charge in [-0.1, -0.05) is 121 Å². The molecule has 3 aromatic heterocycles. The summed E-state index contributed by atoms with van der Waals surface area (Å²) in [5, 5.41) is 6.38. The molecule has 0 aliphatic carbocycles. The Kier molecular flexibility index (Phi) is 6.75. The second-order valence-electron chi connectivity index (χ2n) is 13.5. The Morgan fingerprint density at radius 2 is 0.963 bits per heavy atom. The third kappa shape index (κ3) is 5.04. The maximum Gasteiger partial charge on any atom is 0.227 e. The van der Waals surface area contributed by atoms with Gasteiger partial charge < -0.3 is 8.83 Å². The van der Waals surface area contributed by atoms with E-state index in [1.165, 1.54) is 0 Å². The van der Waals surface area contributed by atoms with Gasteiger partial charge in [0.15, 0.2) is 23.1 Å². The number of hydrogen-bond donors (Lipinski definition) is 0. The molecule has 0 unspecified atom stereocenters. The molecule has 0 aliphatic heterocycles. The third-order valence-electron chi connectivity index (χ3n) is 10.1. The smallest absolute Gasteiger partial charge is 0.227 e. The molecule has 11 rings (SSSR count). The molecule has 0 saturated heterocycles. The van der Waals surface area contributed by atoms with E-state index in [1.807, 2.05) is 60.7 Å². The summed E-state index contributed by atoms with van der Waals surface area (Å²) in [5.74, 6) is 2.26. The molecule has 3 heterocycles. The van der Waals surface area contributed by atoms with Crippen molar-refractivity contribution in [2.45, 2.75) is 0 Å². The van der Waals surface area contributed by atoms with Gasteiger partial charge in [0.05, 0.1) is 5.56 Å². The highest BCUT2D eigenvalue weighted by atomic mass is 16.4. The van der Waals surface area contributed by atoms with E-state index >= 15 is 0 Å². The molecule has 6 nitrogen and oxygen atoms in total. The number of benzene rings is 8. The monoisotopic (exact) mass is 692 g/mol. The summed E-state index contributed by atoms with van der Waals surface area (Å²) in [7, 11) is 0. The second kappa shape index (κ2) is 12.1. The van der Waals surface area contributed by atoms with Crippen LogP contribution < -0.4 is 0 Å². The van der Waals surface area contributed by atoms with Crippen LogP contribution >= 0.6 is 0 Å². The molecule has 0 saturated carbocycles. The van der Waals surface area contributed by atoms with Gasteiger partial charge in [-0.2, -0.15) is 0 Å². The van der Waals surface area contributed by atoms with E-state index in [4.69, 9.17) is 28.8 Å². The molecule has 8 aromatic carbocycles. The SMILES string of the molecule is c1ccc(-c2nc3cc4oc5c(-c6nc(-c7ccc8ccccc8c7)nc(-c7cc8ccccc8cc7-c7ccccc7)n6)cccc5c4cc3o2)cc1. The van der Waals surface area contributed by atoms with E-state index in [1.54, 1.807) is 0 Å². The standard InChI is InChI=1S/C48H28N4O2/c1-3-13-30(14-4-1)38-25-33-18-9-10-19-34(33)26-40(38)47-51-45(35-23-22-29-12-7-8-17-32(29)24-35)50-46(52-47)37-21-11-20-36-39-27-43-41(28-42(39)53-44(36)37)49-48(54-43)31-15-5-2-6-16-31/h1-28H. The Morgan fingerprint density at radius 1 is 0.333 bits per heavy atom. The van der Waals surface area contributed by atoms with Gasteiger partial charge in [0.2, 0.25) is 5.89 Å². The van der Waals surface area contributed by atoms with Gasteiger partial charge in [-0.05, 0) is 75.1 Å². The van der Waals surface area contributed by atoms with Crippen molar-refractivity contribution in [1.82, 2.24) is 19.9 Å². The first-order valence-electron chi connectivity index (χ1n) is 17.9. The molecule has 0 bridgehead atoms. The largest absolute Gasteiger partial charge is 0.455 e. The minimum atomic E-state index is 0.521. The molecule has 0 N–H and O–H groups in total. The minimum absolute atomic E-state index is 0.521. The molecule has 54 heavy (non-hydrogen) atoms. The van der Waals surface area contributed by atoms with Crippen LogP contribution in [-0.4, -0.2) is 19.9 Å². The lowest BCUT2D eigenvalue weighted by molar-refractivity contribution is 0.620. The molecule has 0 aliphatic rings. The zero-order valence-electron chi connectivity index (χ0n) is 28.8. The van der Waals surface area contributed by atoms with Crippen LogP contribution in [0, 0.1) is 0 Å². The van der Waals surface area contributed by atoms with Gasteiger partial charge >= 0.3 is 0 Å². The summed E-state index contributed by atoms with van der Waals surface area (Å²) in [6.07, 6.45) is 0. The summed E-state index contributed by atoms with van der Waals surface area (Å²) in [5.41, 5.74) is 8.46. The van der Waals surface area contributed by atoms with E-state index in [-0.39, 0.29) is 0 Å². The van der Waals surface area contributed by atoms with Crippen LogP contribution in [-0.2, 0) is 0 Å². The fraction of sp³-hybridized carbons (Fsp3) is 0. The average Bonchev–Trinajstić information content (AvgIpc) is 3.83. The van der Waals surface area contributed by atoms with Gasteiger partial charge in [0, 0.05) is 33.5 Å². The molecule has 0 spiro atoms. The number of hydrogen-bond acceptors (Lipinski definition) is 6. The number of para-hydroxylation sites is 1. The fourth-order valence-electron chi connectivity index (χ4n) is 7.46. The van der Waals surface area contributed by atoms with Crippen LogP contribution in [0.5, 0.6) is 0 Å². The molecule has 0 radical (unpaired) electrons. The molecule has 11 aromatic rings. The Bertz CT molecular complexity index is 3220. The van der Waals surface area contributed by atoms with Crippen LogP contribution in [0.25, 0.3) is 111 Å². The lowest BCUT2D eigenvalue weighted by Gasteiger charge is -2.14. The lowest BCUT2D eigenvalue weighted by Crippen LogP contribution is -2.01. The maximum atomic E-state index is 6.68. The van der Waals surface area contributed by atoms with Crippen molar-refractivity contribution in [3.63, 3.8) is 0 Å². The zero-order valence-corrected chi connectivity index (χ0v) is 28.8. The van der Waals surface area contributed by atoms with Gasteiger partial charge in [0.1, 0.15) is 16.7 Å². The van der Waals surface area contributed by atoms with Crippen molar-refractivity contribution >= 4 is 54.6 Å². The molecular formula is C48H28N4O2. The minimum Gasteiger partial charge on any atom is -0.455 e. The summed E-state index contributed by atoms with van der Waals surface area (Å²) >= 11 is 0. The first-order valence-corrected chi connectivity index (χ1v) is 17.9. The second-order valence-corrected chi connectivity index (χ2v) is 13.5. The van der Waals surface area contributed by atoms with Crippen molar-refractivity contribution in [1.29, 1.82) is 0 Å². The predicted molar refractivity (Wildman–Crippen MR) is 217 cm³/mol. The topological polar surface area (TPSA) is 77.8 Å². The number of oxazole rings is 1. The van der Waals surface area contributed by atoms with Crippen molar-refractivity contribution in [3.8, 4) is 56.7 Å². The first-order chi connectivity index (χ1) is 26.7. The van der Waals surface area contributed by atoms with Crippen molar-refractivity contribution < 1.29 is 8.83 Å². The van der Waals surface area contributed by atoms with Crippen molar-refractivity contribution in [3.05, 3.63) is 170 Å².